The monoisotopic (exact) mass is 294 g/mol. The summed E-state index contributed by atoms with van der Waals surface area (Å²) in [6, 6.07) is 3.89. The summed E-state index contributed by atoms with van der Waals surface area (Å²) in [6.45, 7) is 2.22. The van der Waals surface area contributed by atoms with Crippen LogP contribution in [0.1, 0.15) is 15.9 Å². The molecular formula is C14H15FN2O4. The Labute approximate surface area is 120 Å². The fourth-order valence-electron chi connectivity index (χ4n) is 1.85. The molecule has 0 atom stereocenters. The number of rotatable bonds is 4. The normalized spacial score (nSPS) is 16.0. The maximum Gasteiger partial charge on any atom is 0.328 e. The maximum atomic E-state index is 13.8. The lowest BCUT2D eigenvalue weighted by atomic mass is 10.1. The summed E-state index contributed by atoms with van der Waals surface area (Å²) in [6.07, 6.45) is 1.98. The minimum absolute atomic E-state index is 0.111. The van der Waals surface area contributed by atoms with Gasteiger partial charge >= 0.3 is 5.97 Å². The van der Waals surface area contributed by atoms with Crippen LogP contribution in [0.4, 0.5) is 4.39 Å². The molecule has 1 amide bonds. The Hall–Kier alpha value is -2.25. The number of nitrogens with one attached hydrogen (secondary N) is 1. The smallest absolute Gasteiger partial charge is 0.328 e. The van der Waals surface area contributed by atoms with Gasteiger partial charge in [0.2, 0.25) is 0 Å². The molecule has 1 aliphatic heterocycles. The molecule has 112 valence electrons. The van der Waals surface area contributed by atoms with E-state index in [9.17, 15) is 14.0 Å². The van der Waals surface area contributed by atoms with E-state index in [1.807, 2.05) is 0 Å². The van der Waals surface area contributed by atoms with Crippen LogP contribution in [0.15, 0.2) is 24.3 Å². The first-order chi connectivity index (χ1) is 10.1. The van der Waals surface area contributed by atoms with Crippen LogP contribution in [-0.2, 0) is 9.53 Å². The minimum atomic E-state index is -1.16. The molecule has 0 saturated carbocycles. The average molecular weight is 294 g/mol. The van der Waals surface area contributed by atoms with Gasteiger partial charge in [-0.2, -0.15) is 0 Å². The van der Waals surface area contributed by atoms with Gasteiger partial charge in [0.25, 0.3) is 5.91 Å². The molecule has 6 nitrogen and oxygen atoms in total. The van der Waals surface area contributed by atoms with Crippen molar-refractivity contribution in [3.63, 3.8) is 0 Å². The van der Waals surface area contributed by atoms with Crippen molar-refractivity contribution in [2.45, 2.75) is 0 Å². The molecule has 1 aromatic carbocycles. The molecule has 1 aliphatic rings. The lowest BCUT2D eigenvalue weighted by Gasteiger charge is -2.26. The molecule has 0 bridgehead atoms. The van der Waals surface area contributed by atoms with Crippen LogP contribution in [0.3, 0.4) is 0 Å². The van der Waals surface area contributed by atoms with Crippen LogP contribution < -0.4 is 5.43 Å². The van der Waals surface area contributed by atoms with Crippen molar-refractivity contribution in [3.8, 4) is 0 Å². The summed E-state index contributed by atoms with van der Waals surface area (Å²) in [5.41, 5.74) is 2.95. The van der Waals surface area contributed by atoms with Gasteiger partial charge in [0.05, 0.1) is 13.2 Å². The van der Waals surface area contributed by atoms with Crippen LogP contribution in [0.25, 0.3) is 6.08 Å². The van der Waals surface area contributed by atoms with Gasteiger partial charge in [-0.3, -0.25) is 10.2 Å². The molecule has 1 aromatic rings. The van der Waals surface area contributed by atoms with Crippen LogP contribution in [0, 0.1) is 5.82 Å². The first-order valence-corrected chi connectivity index (χ1v) is 6.40. The summed E-state index contributed by atoms with van der Waals surface area (Å²) < 4.78 is 18.9. The third-order valence-electron chi connectivity index (χ3n) is 2.94. The Morgan fingerprint density at radius 1 is 1.33 bits per heavy atom. The minimum Gasteiger partial charge on any atom is -0.478 e. The number of hydrogen-bond donors (Lipinski definition) is 2. The Balaban J connectivity index is 2.04. The number of benzene rings is 1. The highest BCUT2D eigenvalue weighted by Crippen LogP contribution is 2.12. The van der Waals surface area contributed by atoms with Crippen LogP contribution >= 0.6 is 0 Å². The highest BCUT2D eigenvalue weighted by molar-refractivity contribution is 5.94. The summed E-state index contributed by atoms with van der Waals surface area (Å²) in [5, 5.41) is 10.2. The maximum absolute atomic E-state index is 13.8. The predicted octanol–water partition coefficient (Wildman–Crippen LogP) is 0.900. The van der Waals surface area contributed by atoms with Crippen LogP contribution in [0.5, 0.6) is 0 Å². The lowest BCUT2D eigenvalue weighted by molar-refractivity contribution is -0.131. The van der Waals surface area contributed by atoms with Gasteiger partial charge in [0.15, 0.2) is 0 Å². The number of aliphatic carboxylic acids is 1. The third-order valence-corrected chi connectivity index (χ3v) is 2.94. The lowest BCUT2D eigenvalue weighted by Crippen LogP contribution is -2.48. The number of hydrazine groups is 1. The Morgan fingerprint density at radius 2 is 2.05 bits per heavy atom. The van der Waals surface area contributed by atoms with Crippen LogP contribution in [-0.4, -0.2) is 48.3 Å². The first kappa shape index (κ1) is 15.1. The number of carbonyl (C=O) groups excluding carboxylic acids is 1. The first-order valence-electron chi connectivity index (χ1n) is 6.40. The number of hydrogen-bond acceptors (Lipinski definition) is 4. The molecule has 0 aliphatic carbocycles. The Bertz CT molecular complexity index is 568. The number of amides is 1. The summed E-state index contributed by atoms with van der Waals surface area (Å²) >= 11 is 0. The zero-order valence-corrected chi connectivity index (χ0v) is 11.2. The largest absolute Gasteiger partial charge is 0.478 e. The highest BCUT2D eigenvalue weighted by atomic mass is 19.1. The van der Waals surface area contributed by atoms with Crippen molar-refractivity contribution in [2.75, 3.05) is 26.3 Å². The molecule has 0 spiro atoms. The number of carboxylic acids is 1. The second-order valence-corrected chi connectivity index (χ2v) is 4.45. The fraction of sp³-hybridized carbons (Fsp3) is 0.286. The number of nitrogens with zero attached hydrogens (tertiary/aromatic N) is 1. The van der Waals surface area contributed by atoms with E-state index < -0.39 is 17.7 Å². The van der Waals surface area contributed by atoms with Gasteiger partial charge in [0, 0.05) is 30.3 Å². The standard InChI is InChI=1S/C14H15FN2O4/c15-12-9-11(2-1-10(12)3-4-13(18)19)14(20)16-17-5-7-21-8-6-17/h1-4,9H,5-8H2,(H,16,20)(H,18,19)/b4-3+. The fourth-order valence-corrected chi connectivity index (χ4v) is 1.85. The van der Waals surface area contributed by atoms with Crippen molar-refractivity contribution < 1.29 is 23.8 Å². The van der Waals surface area contributed by atoms with Crippen molar-refractivity contribution in [1.29, 1.82) is 0 Å². The molecule has 1 heterocycles. The highest BCUT2D eigenvalue weighted by Gasteiger charge is 2.15. The summed E-state index contributed by atoms with van der Waals surface area (Å²) in [7, 11) is 0. The van der Waals surface area contributed by atoms with E-state index >= 15 is 0 Å². The van der Waals surface area contributed by atoms with Crippen molar-refractivity contribution >= 4 is 18.0 Å². The number of morpholine rings is 1. The van der Waals surface area contributed by atoms with E-state index in [1.54, 1.807) is 5.01 Å². The number of carbonyl (C=O) groups is 2. The molecule has 0 unspecified atom stereocenters. The molecule has 2 rings (SSSR count). The summed E-state index contributed by atoms with van der Waals surface area (Å²) in [5.74, 6) is -2.23. The molecule has 0 aromatic heterocycles. The summed E-state index contributed by atoms with van der Waals surface area (Å²) in [4.78, 5) is 22.4. The third kappa shape index (κ3) is 4.37. The van der Waals surface area contributed by atoms with Gasteiger partial charge in [-0.05, 0) is 18.2 Å². The van der Waals surface area contributed by atoms with Gasteiger partial charge in [-0.1, -0.05) is 6.07 Å². The van der Waals surface area contributed by atoms with Crippen molar-refractivity contribution in [3.05, 3.63) is 41.2 Å². The Kier molecular flexibility index (Phi) is 5.02. The molecular weight excluding hydrogens is 279 g/mol. The number of ether oxygens (including phenoxy) is 1. The molecule has 1 fully saturated rings. The van der Waals surface area contributed by atoms with E-state index in [2.05, 4.69) is 5.43 Å². The van der Waals surface area contributed by atoms with E-state index in [1.165, 1.54) is 12.1 Å². The van der Waals surface area contributed by atoms with Gasteiger partial charge in [-0.25, -0.2) is 14.2 Å². The van der Waals surface area contributed by atoms with Gasteiger partial charge in [0.1, 0.15) is 5.82 Å². The van der Waals surface area contributed by atoms with E-state index in [0.717, 1.165) is 18.2 Å². The van der Waals surface area contributed by atoms with E-state index in [4.69, 9.17) is 9.84 Å². The van der Waals surface area contributed by atoms with Gasteiger partial charge < -0.3 is 9.84 Å². The molecule has 21 heavy (non-hydrogen) atoms. The molecule has 2 N–H and O–H groups in total. The van der Waals surface area contributed by atoms with E-state index in [0.29, 0.717) is 26.3 Å². The second-order valence-electron chi connectivity index (χ2n) is 4.45. The average Bonchev–Trinajstić information content (AvgIpc) is 2.46. The predicted molar refractivity (Wildman–Crippen MR) is 72.9 cm³/mol. The van der Waals surface area contributed by atoms with Crippen molar-refractivity contribution in [1.82, 2.24) is 10.4 Å². The Morgan fingerprint density at radius 3 is 2.67 bits per heavy atom. The molecule has 0 radical (unpaired) electrons. The molecule has 7 heteroatoms. The zero-order valence-electron chi connectivity index (χ0n) is 11.2. The number of halogens is 1. The zero-order chi connectivity index (χ0) is 15.2. The van der Waals surface area contributed by atoms with E-state index in [-0.39, 0.29) is 11.1 Å². The second kappa shape index (κ2) is 6.96. The van der Waals surface area contributed by atoms with Gasteiger partial charge in [-0.15, -0.1) is 0 Å². The topological polar surface area (TPSA) is 78.9 Å². The number of carboxylic acid groups (broad SMARTS) is 1. The SMILES string of the molecule is O=C(O)/C=C/c1ccc(C(=O)NN2CCOCC2)cc1F. The van der Waals surface area contributed by atoms with Crippen LogP contribution in [0.2, 0.25) is 0 Å². The van der Waals surface area contributed by atoms with Crippen molar-refractivity contribution in [2.24, 2.45) is 0 Å². The molecule has 1 saturated heterocycles. The quantitative estimate of drug-likeness (QED) is 0.807.